The molecule has 0 amide bonds. The first-order valence-electron chi connectivity index (χ1n) is 9.53. The third-order valence-electron chi connectivity index (χ3n) is 5.18. The van der Waals surface area contributed by atoms with Crippen LogP contribution in [0.25, 0.3) is 27.7 Å². The van der Waals surface area contributed by atoms with E-state index in [9.17, 15) is 0 Å². The van der Waals surface area contributed by atoms with Gasteiger partial charge in [-0.1, -0.05) is 12.1 Å². The lowest BCUT2D eigenvalue weighted by atomic mass is 10.0. The van der Waals surface area contributed by atoms with E-state index in [4.69, 9.17) is 24.0 Å². The number of aryl methyl sites for hydroxylation is 1. The van der Waals surface area contributed by atoms with Gasteiger partial charge in [0.25, 0.3) is 0 Å². The van der Waals surface area contributed by atoms with Gasteiger partial charge in [0.05, 0.1) is 45.3 Å². The molecule has 4 aromatic rings. The molecule has 0 aliphatic heterocycles. The van der Waals surface area contributed by atoms with E-state index >= 15 is 0 Å². The Bertz CT molecular complexity index is 1170. The maximum atomic E-state index is 5.51. The van der Waals surface area contributed by atoms with Gasteiger partial charge < -0.3 is 18.9 Å². The minimum absolute atomic E-state index is 0.573. The number of nitrogens with zero attached hydrogens (tertiary/aromatic N) is 2. The number of ether oxygens (including phenoxy) is 4. The molecule has 0 saturated heterocycles. The summed E-state index contributed by atoms with van der Waals surface area (Å²) in [6.45, 7) is 2.02. The van der Waals surface area contributed by atoms with Gasteiger partial charge >= 0.3 is 0 Å². The topological polar surface area (TPSA) is 54.7 Å². The second kappa shape index (κ2) is 7.99. The molecule has 0 saturated carbocycles. The minimum atomic E-state index is 0.573. The number of hydrogen-bond acceptors (Lipinski definition) is 5. The predicted molar refractivity (Wildman–Crippen MR) is 117 cm³/mol. The van der Waals surface area contributed by atoms with Gasteiger partial charge in [-0.05, 0) is 60.5 Å². The standard InChI is InChI=1S/C24H24N2O4/c1-15-20-11-6-16(17-13-22(28-3)24(30-5)23(14-17)29-4)12-21(20)26(25-15)18-7-9-19(27-2)10-8-18/h6-14H,1-5H3. The molecule has 1 aromatic heterocycles. The highest BCUT2D eigenvalue weighted by atomic mass is 16.5. The maximum absolute atomic E-state index is 5.51. The molecule has 0 aliphatic rings. The van der Waals surface area contributed by atoms with Crippen LogP contribution in [0.5, 0.6) is 23.0 Å². The molecule has 0 unspecified atom stereocenters. The molecule has 6 nitrogen and oxygen atoms in total. The number of fused-ring (bicyclic) bond motifs is 1. The first-order chi connectivity index (χ1) is 14.6. The van der Waals surface area contributed by atoms with Crippen molar-refractivity contribution in [1.82, 2.24) is 9.78 Å². The van der Waals surface area contributed by atoms with Crippen molar-refractivity contribution in [1.29, 1.82) is 0 Å². The van der Waals surface area contributed by atoms with Gasteiger partial charge in [-0.25, -0.2) is 4.68 Å². The molecular formula is C24H24N2O4. The van der Waals surface area contributed by atoms with Gasteiger partial charge in [-0.3, -0.25) is 0 Å². The average Bonchev–Trinajstić information content (AvgIpc) is 3.13. The highest BCUT2D eigenvalue weighted by Crippen LogP contribution is 2.41. The molecule has 30 heavy (non-hydrogen) atoms. The zero-order valence-electron chi connectivity index (χ0n) is 17.7. The van der Waals surface area contributed by atoms with Crippen molar-refractivity contribution in [2.24, 2.45) is 0 Å². The van der Waals surface area contributed by atoms with Crippen molar-refractivity contribution in [2.75, 3.05) is 28.4 Å². The number of aromatic nitrogens is 2. The molecule has 0 radical (unpaired) electrons. The van der Waals surface area contributed by atoms with Crippen LogP contribution in [0, 0.1) is 6.92 Å². The van der Waals surface area contributed by atoms with E-state index in [0.717, 1.165) is 39.2 Å². The van der Waals surface area contributed by atoms with Crippen molar-refractivity contribution in [2.45, 2.75) is 6.92 Å². The first-order valence-corrected chi connectivity index (χ1v) is 9.53. The largest absolute Gasteiger partial charge is 0.497 e. The quantitative estimate of drug-likeness (QED) is 0.451. The molecule has 0 fully saturated rings. The molecule has 0 bridgehead atoms. The van der Waals surface area contributed by atoms with Crippen LogP contribution in [0.15, 0.2) is 54.6 Å². The first kappa shape index (κ1) is 19.6. The number of hydrogen-bond donors (Lipinski definition) is 0. The van der Waals surface area contributed by atoms with Crippen LogP contribution in [-0.2, 0) is 0 Å². The average molecular weight is 404 g/mol. The summed E-state index contributed by atoms with van der Waals surface area (Å²) >= 11 is 0. The van der Waals surface area contributed by atoms with Crippen molar-refractivity contribution in [3.05, 3.63) is 60.3 Å². The van der Waals surface area contributed by atoms with Crippen LogP contribution < -0.4 is 18.9 Å². The van der Waals surface area contributed by atoms with E-state index in [-0.39, 0.29) is 0 Å². The Morgan fingerprint density at radius 1 is 0.700 bits per heavy atom. The van der Waals surface area contributed by atoms with Crippen molar-refractivity contribution in [3.8, 4) is 39.8 Å². The molecule has 0 atom stereocenters. The third-order valence-corrected chi connectivity index (χ3v) is 5.18. The van der Waals surface area contributed by atoms with Gasteiger partial charge in [0.1, 0.15) is 5.75 Å². The van der Waals surface area contributed by atoms with Crippen molar-refractivity contribution in [3.63, 3.8) is 0 Å². The predicted octanol–water partition coefficient (Wildman–Crippen LogP) is 5.04. The molecule has 154 valence electrons. The summed E-state index contributed by atoms with van der Waals surface area (Å²) < 4.78 is 23.7. The molecular weight excluding hydrogens is 380 g/mol. The molecule has 3 aromatic carbocycles. The lowest BCUT2D eigenvalue weighted by Crippen LogP contribution is -1.97. The van der Waals surface area contributed by atoms with Crippen LogP contribution in [-0.4, -0.2) is 38.2 Å². The fourth-order valence-corrected chi connectivity index (χ4v) is 3.62. The highest BCUT2D eigenvalue weighted by Gasteiger charge is 2.16. The summed E-state index contributed by atoms with van der Waals surface area (Å²) in [5.41, 5.74) is 4.94. The van der Waals surface area contributed by atoms with Crippen molar-refractivity contribution < 1.29 is 18.9 Å². The van der Waals surface area contributed by atoms with Crippen LogP contribution in [0.3, 0.4) is 0 Å². The van der Waals surface area contributed by atoms with E-state index in [1.807, 2.05) is 48.0 Å². The van der Waals surface area contributed by atoms with E-state index in [0.29, 0.717) is 17.2 Å². The van der Waals surface area contributed by atoms with Gasteiger partial charge in [0.2, 0.25) is 5.75 Å². The van der Waals surface area contributed by atoms with Gasteiger partial charge in [-0.15, -0.1) is 0 Å². The summed E-state index contributed by atoms with van der Waals surface area (Å²) in [5, 5.41) is 5.85. The lowest BCUT2D eigenvalue weighted by Gasteiger charge is -2.14. The summed E-state index contributed by atoms with van der Waals surface area (Å²) in [5.74, 6) is 2.62. The Hall–Kier alpha value is -3.67. The molecule has 4 rings (SSSR count). The van der Waals surface area contributed by atoms with Crippen molar-refractivity contribution >= 4 is 10.9 Å². The van der Waals surface area contributed by atoms with E-state index < -0.39 is 0 Å². The number of methoxy groups -OCH3 is 4. The van der Waals surface area contributed by atoms with Crippen LogP contribution in [0.4, 0.5) is 0 Å². The number of rotatable bonds is 6. The second-order valence-electron chi connectivity index (χ2n) is 6.84. The Kier molecular flexibility index (Phi) is 5.23. The minimum Gasteiger partial charge on any atom is -0.497 e. The Morgan fingerprint density at radius 3 is 1.93 bits per heavy atom. The Balaban J connectivity index is 1.87. The smallest absolute Gasteiger partial charge is 0.203 e. The monoisotopic (exact) mass is 404 g/mol. The molecule has 0 aliphatic carbocycles. The Labute approximate surface area is 175 Å². The molecule has 0 N–H and O–H groups in total. The number of benzene rings is 3. The lowest BCUT2D eigenvalue weighted by molar-refractivity contribution is 0.324. The van der Waals surface area contributed by atoms with Crippen LogP contribution in [0.2, 0.25) is 0 Å². The second-order valence-corrected chi connectivity index (χ2v) is 6.84. The third kappa shape index (κ3) is 3.30. The normalized spacial score (nSPS) is 10.8. The van der Waals surface area contributed by atoms with E-state index in [2.05, 4.69) is 18.2 Å². The van der Waals surface area contributed by atoms with E-state index in [1.54, 1.807) is 28.4 Å². The summed E-state index contributed by atoms with van der Waals surface area (Å²) in [6.07, 6.45) is 0. The Morgan fingerprint density at radius 2 is 1.37 bits per heavy atom. The maximum Gasteiger partial charge on any atom is 0.203 e. The van der Waals surface area contributed by atoms with Crippen LogP contribution >= 0.6 is 0 Å². The fourth-order valence-electron chi connectivity index (χ4n) is 3.62. The molecule has 1 heterocycles. The summed E-state index contributed by atoms with van der Waals surface area (Å²) in [4.78, 5) is 0. The summed E-state index contributed by atoms with van der Waals surface area (Å²) in [6, 6.07) is 18.1. The fraction of sp³-hybridized carbons (Fsp3) is 0.208. The van der Waals surface area contributed by atoms with Gasteiger partial charge in [-0.2, -0.15) is 5.10 Å². The van der Waals surface area contributed by atoms with E-state index in [1.165, 1.54) is 0 Å². The SMILES string of the molecule is COc1ccc(-n2nc(C)c3ccc(-c4cc(OC)c(OC)c(OC)c4)cc32)cc1. The summed E-state index contributed by atoms with van der Waals surface area (Å²) in [7, 11) is 6.49. The van der Waals surface area contributed by atoms with Crippen LogP contribution in [0.1, 0.15) is 5.69 Å². The zero-order valence-corrected chi connectivity index (χ0v) is 17.7. The molecule has 6 heteroatoms. The highest BCUT2D eigenvalue weighted by molar-refractivity contribution is 5.88. The zero-order chi connectivity index (χ0) is 21.3. The van der Waals surface area contributed by atoms with Gasteiger partial charge in [0.15, 0.2) is 11.5 Å². The van der Waals surface area contributed by atoms with Gasteiger partial charge in [0, 0.05) is 5.39 Å². The molecule has 0 spiro atoms.